The summed E-state index contributed by atoms with van der Waals surface area (Å²) < 4.78 is 12.4. The predicted molar refractivity (Wildman–Crippen MR) is 84.1 cm³/mol. The van der Waals surface area contributed by atoms with Crippen molar-refractivity contribution < 1.29 is 9.47 Å². The molecule has 0 amide bonds. The molecule has 0 radical (unpaired) electrons. The second kappa shape index (κ2) is 5.84. The summed E-state index contributed by atoms with van der Waals surface area (Å²) in [6, 6.07) is 9.32. The molecule has 0 bridgehead atoms. The Kier molecular flexibility index (Phi) is 4.11. The van der Waals surface area contributed by atoms with E-state index in [2.05, 4.69) is 15.9 Å². The van der Waals surface area contributed by atoms with Crippen LogP contribution >= 0.6 is 39.1 Å². The molecule has 0 fully saturated rings. The second-order valence-electron chi connectivity index (χ2n) is 4.52. The number of rotatable bonds is 3. The number of benzene rings is 2. The summed E-state index contributed by atoms with van der Waals surface area (Å²) in [7, 11) is 0. The van der Waals surface area contributed by atoms with Crippen LogP contribution in [0.2, 0.25) is 10.0 Å². The van der Waals surface area contributed by atoms with Crippen molar-refractivity contribution in [2.45, 2.75) is 13.0 Å². The van der Waals surface area contributed by atoms with E-state index in [1.165, 1.54) is 0 Å². The summed E-state index contributed by atoms with van der Waals surface area (Å²) in [6.45, 7) is 1.07. The lowest BCUT2D eigenvalue weighted by Crippen LogP contribution is -1.99. The maximum Gasteiger partial charge on any atom is 0.139 e. The van der Waals surface area contributed by atoms with Crippen molar-refractivity contribution >= 4 is 39.1 Å². The minimum absolute atomic E-state index is 0.374. The number of halogens is 3. The molecule has 3 rings (SSSR count). The minimum Gasteiger partial charge on any atom is -0.493 e. The Balaban J connectivity index is 1.84. The normalized spacial score (nSPS) is 12.9. The molecule has 0 atom stereocenters. The first-order chi connectivity index (χ1) is 9.63. The third kappa shape index (κ3) is 2.90. The van der Waals surface area contributed by atoms with Crippen molar-refractivity contribution in [3.8, 4) is 11.5 Å². The van der Waals surface area contributed by atoms with Gasteiger partial charge in [-0.2, -0.15) is 0 Å². The summed E-state index contributed by atoms with van der Waals surface area (Å²) in [5, 5.41) is 1.28. The largest absolute Gasteiger partial charge is 0.493 e. The maximum atomic E-state index is 6.12. The van der Waals surface area contributed by atoms with E-state index < -0.39 is 0 Å². The summed E-state index contributed by atoms with van der Waals surface area (Å²) >= 11 is 15.6. The highest BCUT2D eigenvalue weighted by molar-refractivity contribution is 9.10. The van der Waals surface area contributed by atoms with Gasteiger partial charge in [0.1, 0.15) is 18.1 Å². The van der Waals surface area contributed by atoms with Gasteiger partial charge in [0.15, 0.2) is 0 Å². The van der Waals surface area contributed by atoms with Gasteiger partial charge in [0.2, 0.25) is 0 Å². The zero-order valence-electron chi connectivity index (χ0n) is 10.5. The first-order valence-electron chi connectivity index (χ1n) is 6.15. The smallest absolute Gasteiger partial charge is 0.139 e. The molecule has 1 heterocycles. The molecule has 0 aromatic heterocycles. The molecule has 2 aromatic rings. The highest BCUT2D eigenvalue weighted by atomic mass is 79.9. The minimum atomic E-state index is 0.374. The molecular formula is C15H11BrCl2O2. The van der Waals surface area contributed by atoms with Gasteiger partial charge in [0.25, 0.3) is 0 Å². The summed E-state index contributed by atoms with van der Waals surface area (Å²) in [6.07, 6.45) is 0.889. The Morgan fingerprint density at radius 2 is 2.05 bits per heavy atom. The van der Waals surface area contributed by atoms with Crippen LogP contribution in [-0.2, 0) is 13.0 Å². The van der Waals surface area contributed by atoms with E-state index in [0.29, 0.717) is 29.0 Å². The van der Waals surface area contributed by atoms with Crippen LogP contribution in [-0.4, -0.2) is 6.61 Å². The van der Waals surface area contributed by atoms with E-state index in [1.807, 2.05) is 24.3 Å². The van der Waals surface area contributed by atoms with Crippen LogP contribution in [0.4, 0.5) is 0 Å². The topological polar surface area (TPSA) is 18.5 Å². The standard InChI is InChI=1S/C15H11BrCl2O2/c16-11-1-2-13(18)14(7-11)20-8-10-6-12(17)5-9-3-4-19-15(9)10/h1-2,5-7H,3-4,8H2. The fourth-order valence-electron chi connectivity index (χ4n) is 2.20. The Morgan fingerprint density at radius 1 is 1.20 bits per heavy atom. The molecule has 1 aliphatic rings. The molecule has 0 unspecified atom stereocenters. The van der Waals surface area contributed by atoms with Gasteiger partial charge in [0, 0.05) is 21.5 Å². The van der Waals surface area contributed by atoms with Crippen molar-refractivity contribution in [1.82, 2.24) is 0 Å². The second-order valence-corrected chi connectivity index (χ2v) is 6.27. The zero-order valence-corrected chi connectivity index (χ0v) is 13.6. The van der Waals surface area contributed by atoms with Crippen LogP contribution in [0.25, 0.3) is 0 Å². The first-order valence-corrected chi connectivity index (χ1v) is 7.70. The number of fused-ring (bicyclic) bond motifs is 1. The highest BCUT2D eigenvalue weighted by Gasteiger charge is 2.18. The molecule has 104 valence electrons. The van der Waals surface area contributed by atoms with E-state index >= 15 is 0 Å². The van der Waals surface area contributed by atoms with E-state index in [1.54, 1.807) is 6.07 Å². The quantitative estimate of drug-likeness (QED) is 0.729. The molecule has 20 heavy (non-hydrogen) atoms. The van der Waals surface area contributed by atoms with Gasteiger partial charge in [-0.25, -0.2) is 0 Å². The van der Waals surface area contributed by atoms with E-state index in [-0.39, 0.29) is 0 Å². The SMILES string of the molecule is Clc1cc2c(c(COc3cc(Br)ccc3Cl)c1)OCC2. The molecule has 0 aliphatic carbocycles. The van der Waals surface area contributed by atoms with Gasteiger partial charge in [-0.1, -0.05) is 39.1 Å². The van der Waals surface area contributed by atoms with E-state index in [4.69, 9.17) is 32.7 Å². The van der Waals surface area contributed by atoms with Gasteiger partial charge < -0.3 is 9.47 Å². The van der Waals surface area contributed by atoms with Crippen LogP contribution in [0, 0.1) is 0 Å². The zero-order chi connectivity index (χ0) is 14.1. The molecule has 0 saturated carbocycles. The molecule has 2 aromatic carbocycles. The number of hydrogen-bond donors (Lipinski definition) is 0. The van der Waals surface area contributed by atoms with E-state index in [0.717, 1.165) is 27.8 Å². The Bertz CT molecular complexity index is 659. The first kappa shape index (κ1) is 14.1. The predicted octanol–water partition coefficient (Wildman–Crippen LogP) is 5.27. The average molecular weight is 374 g/mol. The van der Waals surface area contributed by atoms with Crippen LogP contribution in [0.3, 0.4) is 0 Å². The molecular weight excluding hydrogens is 363 g/mol. The fourth-order valence-corrected chi connectivity index (χ4v) is 2.97. The number of ether oxygens (including phenoxy) is 2. The van der Waals surface area contributed by atoms with Crippen LogP contribution < -0.4 is 9.47 Å². The monoisotopic (exact) mass is 372 g/mol. The number of hydrogen-bond acceptors (Lipinski definition) is 2. The fraction of sp³-hybridized carbons (Fsp3) is 0.200. The van der Waals surface area contributed by atoms with Crippen molar-refractivity contribution in [2.75, 3.05) is 6.61 Å². The molecule has 1 aliphatic heterocycles. The molecule has 0 spiro atoms. The average Bonchev–Trinajstić information content (AvgIpc) is 2.87. The van der Waals surface area contributed by atoms with Crippen molar-refractivity contribution in [2.24, 2.45) is 0 Å². The van der Waals surface area contributed by atoms with Gasteiger partial charge in [0.05, 0.1) is 11.6 Å². The van der Waals surface area contributed by atoms with Crippen LogP contribution in [0.5, 0.6) is 11.5 Å². The third-order valence-corrected chi connectivity index (χ3v) is 4.13. The summed E-state index contributed by atoms with van der Waals surface area (Å²) in [5.74, 6) is 1.52. The van der Waals surface area contributed by atoms with Crippen molar-refractivity contribution in [1.29, 1.82) is 0 Å². The lowest BCUT2D eigenvalue weighted by atomic mass is 10.1. The maximum absolute atomic E-state index is 6.12. The Labute approximate surface area is 135 Å². The molecule has 2 nitrogen and oxygen atoms in total. The van der Waals surface area contributed by atoms with Crippen LogP contribution in [0.15, 0.2) is 34.8 Å². The Morgan fingerprint density at radius 3 is 2.90 bits per heavy atom. The Hall–Kier alpha value is -0.900. The van der Waals surface area contributed by atoms with Crippen molar-refractivity contribution in [3.63, 3.8) is 0 Å². The molecule has 0 N–H and O–H groups in total. The van der Waals surface area contributed by atoms with Gasteiger partial charge in [-0.15, -0.1) is 0 Å². The highest BCUT2D eigenvalue weighted by Crippen LogP contribution is 2.34. The van der Waals surface area contributed by atoms with Crippen LogP contribution in [0.1, 0.15) is 11.1 Å². The van der Waals surface area contributed by atoms with Gasteiger partial charge >= 0.3 is 0 Å². The van der Waals surface area contributed by atoms with Crippen molar-refractivity contribution in [3.05, 3.63) is 56.0 Å². The third-order valence-electron chi connectivity index (χ3n) is 3.10. The van der Waals surface area contributed by atoms with Gasteiger partial charge in [-0.05, 0) is 35.9 Å². The lowest BCUT2D eigenvalue weighted by Gasteiger charge is -2.12. The summed E-state index contributed by atoms with van der Waals surface area (Å²) in [5.41, 5.74) is 2.08. The summed E-state index contributed by atoms with van der Waals surface area (Å²) in [4.78, 5) is 0. The molecule has 0 saturated heterocycles. The van der Waals surface area contributed by atoms with Gasteiger partial charge in [-0.3, -0.25) is 0 Å². The molecule has 5 heteroatoms. The lowest BCUT2D eigenvalue weighted by molar-refractivity contribution is 0.292. The van der Waals surface area contributed by atoms with E-state index in [9.17, 15) is 0 Å².